The van der Waals surface area contributed by atoms with Gasteiger partial charge >= 0.3 is 0 Å². The molecule has 2 rings (SSSR count). The highest BCUT2D eigenvalue weighted by Gasteiger charge is 2.15. The van der Waals surface area contributed by atoms with Gasteiger partial charge in [0.2, 0.25) is 10.0 Å². The second-order valence-corrected chi connectivity index (χ2v) is 8.23. The standard InChI is InChI=1S/C16H21N3O4S2/c1-11(2)14-10-24-16(18-14)19-15(20)12-4-6-13(7-5-12)25(21,22)17-8-9-23-3/h4-7,10-11,17H,8-9H2,1-3H3,(H,18,19,20). The molecule has 2 N–H and O–H groups in total. The van der Waals surface area contributed by atoms with Crippen molar-refractivity contribution in [2.45, 2.75) is 24.7 Å². The lowest BCUT2D eigenvalue weighted by Crippen LogP contribution is -2.27. The Labute approximate surface area is 151 Å². The van der Waals surface area contributed by atoms with Crippen molar-refractivity contribution in [2.24, 2.45) is 0 Å². The molecular formula is C16H21N3O4S2. The highest BCUT2D eigenvalue weighted by atomic mass is 32.2. The Balaban J connectivity index is 2.04. The summed E-state index contributed by atoms with van der Waals surface area (Å²) in [5.41, 5.74) is 1.28. The Morgan fingerprint density at radius 2 is 1.96 bits per heavy atom. The maximum absolute atomic E-state index is 12.2. The van der Waals surface area contributed by atoms with Gasteiger partial charge in [-0.3, -0.25) is 10.1 Å². The molecule has 136 valence electrons. The summed E-state index contributed by atoms with van der Waals surface area (Å²) in [6.07, 6.45) is 0. The van der Waals surface area contributed by atoms with Crippen LogP contribution in [0.3, 0.4) is 0 Å². The number of ether oxygens (including phenoxy) is 1. The minimum atomic E-state index is -3.61. The number of nitrogens with zero attached hydrogens (tertiary/aromatic N) is 1. The van der Waals surface area contributed by atoms with Crippen molar-refractivity contribution in [2.75, 3.05) is 25.6 Å². The molecule has 1 amide bonds. The van der Waals surface area contributed by atoms with Crippen LogP contribution < -0.4 is 10.0 Å². The maximum Gasteiger partial charge on any atom is 0.257 e. The molecule has 0 unspecified atom stereocenters. The summed E-state index contributed by atoms with van der Waals surface area (Å²) in [6.45, 7) is 4.52. The molecule has 0 saturated carbocycles. The van der Waals surface area contributed by atoms with Crippen LogP contribution in [0.1, 0.15) is 35.8 Å². The molecular weight excluding hydrogens is 362 g/mol. The topological polar surface area (TPSA) is 97.4 Å². The van der Waals surface area contributed by atoms with E-state index in [2.05, 4.69) is 15.0 Å². The molecule has 0 radical (unpaired) electrons. The first-order valence-electron chi connectivity index (χ1n) is 7.69. The van der Waals surface area contributed by atoms with Gasteiger partial charge in [0, 0.05) is 24.6 Å². The number of sulfonamides is 1. The Kier molecular flexibility index (Phi) is 6.65. The number of carbonyl (C=O) groups excluding carboxylic acids is 1. The number of hydrogen-bond acceptors (Lipinski definition) is 6. The highest BCUT2D eigenvalue weighted by molar-refractivity contribution is 7.89. The first-order chi connectivity index (χ1) is 11.8. The van der Waals surface area contributed by atoms with Gasteiger partial charge in [-0.15, -0.1) is 11.3 Å². The summed E-state index contributed by atoms with van der Waals surface area (Å²) in [7, 11) is -2.12. The normalized spacial score (nSPS) is 11.7. The number of nitrogens with one attached hydrogen (secondary N) is 2. The van der Waals surface area contributed by atoms with Crippen LogP contribution in [-0.2, 0) is 14.8 Å². The number of carbonyl (C=O) groups is 1. The summed E-state index contributed by atoms with van der Waals surface area (Å²) >= 11 is 1.36. The number of hydrogen-bond donors (Lipinski definition) is 2. The van der Waals surface area contributed by atoms with Gasteiger partial charge in [-0.25, -0.2) is 18.1 Å². The lowest BCUT2D eigenvalue weighted by Gasteiger charge is -2.07. The summed E-state index contributed by atoms with van der Waals surface area (Å²) in [5.74, 6) is -0.0436. The molecule has 7 nitrogen and oxygen atoms in total. The van der Waals surface area contributed by atoms with E-state index < -0.39 is 10.0 Å². The number of thiazole rings is 1. The fourth-order valence-electron chi connectivity index (χ4n) is 1.92. The first kappa shape index (κ1) is 19.5. The molecule has 25 heavy (non-hydrogen) atoms. The van der Waals surface area contributed by atoms with Gasteiger partial charge in [-0.2, -0.15) is 0 Å². The number of aromatic nitrogens is 1. The van der Waals surface area contributed by atoms with Crippen LogP contribution in [0.15, 0.2) is 34.5 Å². The van der Waals surface area contributed by atoms with Crippen molar-refractivity contribution in [1.29, 1.82) is 0 Å². The molecule has 0 atom stereocenters. The van der Waals surface area contributed by atoms with Gasteiger partial charge < -0.3 is 4.74 Å². The van der Waals surface area contributed by atoms with Gasteiger partial charge in [0.25, 0.3) is 5.91 Å². The van der Waals surface area contributed by atoms with E-state index in [1.54, 1.807) is 0 Å². The third-order valence-electron chi connectivity index (χ3n) is 3.36. The van der Waals surface area contributed by atoms with Gasteiger partial charge in [0.05, 0.1) is 17.2 Å². The average Bonchev–Trinajstić information content (AvgIpc) is 3.04. The zero-order chi connectivity index (χ0) is 18.4. The average molecular weight is 383 g/mol. The van der Waals surface area contributed by atoms with Gasteiger partial charge in [0.1, 0.15) is 0 Å². The van der Waals surface area contributed by atoms with Crippen molar-refractivity contribution in [3.8, 4) is 0 Å². The summed E-state index contributed by atoms with van der Waals surface area (Å²) < 4.78 is 31.4. The lowest BCUT2D eigenvalue weighted by molar-refractivity contribution is 0.102. The zero-order valence-electron chi connectivity index (χ0n) is 14.3. The predicted molar refractivity (Wildman–Crippen MR) is 97.7 cm³/mol. The molecule has 9 heteroatoms. The van der Waals surface area contributed by atoms with E-state index in [9.17, 15) is 13.2 Å². The van der Waals surface area contributed by atoms with Crippen molar-refractivity contribution in [1.82, 2.24) is 9.71 Å². The molecule has 0 fully saturated rings. The van der Waals surface area contributed by atoms with Crippen molar-refractivity contribution < 1.29 is 17.9 Å². The molecule has 0 bridgehead atoms. The number of methoxy groups -OCH3 is 1. The van der Waals surface area contributed by atoms with Crippen LogP contribution in [-0.4, -0.2) is 39.6 Å². The molecule has 0 spiro atoms. The molecule has 1 heterocycles. The summed E-state index contributed by atoms with van der Waals surface area (Å²) in [4.78, 5) is 16.7. The van der Waals surface area contributed by atoms with Crippen molar-refractivity contribution in [3.63, 3.8) is 0 Å². The van der Waals surface area contributed by atoms with E-state index >= 15 is 0 Å². The van der Waals surface area contributed by atoms with E-state index in [-0.39, 0.29) is 29.9 Å². The number of rotatable bonds is 8. The van der Waals surface area contributed by atoms with E-state index in [1.165, 1.54) is 42.7 Å². The molecule has 1 aromatic carbocycles. The Morgan fingerprint density at radius 3 is 2.52 bits per heavy atom. The molecule has 2 aromatic rings. The number of benzene rings is 1. The summed E-state index contributed by atoms with van der Waals surface area (Å²) in [6, 6.07) is 5.73. The monoisotopic (exact) mass is 383 g/mol. The van der Waals surface area contributed by atoms with Crippen LogP contribution >= 0.6 is 11.3 Å². The van der Waals surface area contributed by atoms with Crippen LogP contribution in [0.2, 0.25) is 0 Å². The summed E-state index contributed by atoms with van der Waals surface area (Å²) in [5, 5.41) is 5.14. The smallest absolute Gasteiger partial charge is 0.257 e. The molecule has 0 saturated heterocycles. The highest BCUT2D eigenvalue weighted by Crippen LogP contribution is 2.22. The van der Waals surface area contributed by atoms with Gasteiger partial charge in [0.15, 0.2) is 5.13 Å². The zero-order valence-corrected chi connectivity index (χ0v) is 15.9. The van der Waals surface area contributed by atoms with Gasteiger partial charge in [-0.05, 0) is 30.2 Å². The van der Waals surface area contributed by atoms with Gasteiger partial charge in [-0.1, -0.05) is 13.8 Å². The Morgan fingerprint density at radius 1 is 1.28 bits per heavy atom. The Hall–Kier alpha value is -1.81. The minimum Gasteiger partial charge on any atom is -0.383 e. The SMILES string of the molecule is COCCNS(=O)(=O)c1ccc(C(=O)Nc2nc(C(C)C)cs2)cc1. The van der Waals surface area contributed by atoms with E-state index in [1.807, 2.05) is 19.2 Å². The molecule has 0 aliphatic rings. The third-order valence-corrected chi connectivity index (χ3v) is 5.61. The van der Waals surface area contributed by atoms with E-state index in [0.29, 0.717) is 10.7 Å². The first-order valence-corrected chi connectivity index (χ1v) is 10.0. The number of amides is 1. The third kappa shape index (κ3) is 5.33. The molecule has 0 aliphatic carbocycles. The second kappa shape index (κ2) is 8.52. The van der Waals surface area contributed by atoms with E-state index in [4.69, 9.17) is 4.74 Å². The maximum atomic E-state index is 12.2. The van der Waals surface area contributed by atoms with Crippen LogP contribution in [0, 0.1) is 0 Å². The quantitative estimate of drug-likeness (QED) is 0.683. The minimum absolute atomic E-state index is 0.0940. The Bertz CT molecular complexity index is 814. The lowest BCUT2D eigenvalue weighted by atomic mass is 10.2. The molecule has 1 aromatic heterocycles. The van der Waals surface area contributed by atoms with Crippen LogP contribution in [0.25, 0.3) is 0 Å². The van der Waals surface area contributed by atoms with E-state index in [0.717, 1.165) is 5.69 Å². The van der Waals surface area contributed by atoms with Crippen LogP contribution in [0.5, 0.6) is 0 Å². The number of anilines is 1. The fraction of sp³-hybridized carbons (Fsp3) is 0.375. The van der Waals surface area contributed by atoms with Crippen LogP contribution in [0.4, 0.5) is 5.13 Å². The fourth-order valence-corrected chi connectivity index (χ4v) is 3.81. The van der Waals surface area contributed by atoms with Crippen molar-refractivity contribution in [3.05, 3.63) is 40.9 Å². The van der Waals surface area contributed by atoms with Crippen molar-refractivity contribution >= 4 is 32.4 Å². The predicted octanol–water partition coefficient (Wildman–Crippen LogP) is 2.44. The second-order valence-electron chi connectivity index (χ2n) is 5.60. The largest absolute Gasteiger partial charge is 0.383 e. The molecule has 0 aliphatic heterocycles.